The van der Waals surface area contributed by atoms with Gasteiger partial charge in [-0.25, -0.2) is 0 Å². The molecule has 3 N–H and O–H groups in total. The number of aromatic nitrogens is 1. The maximum atomic E-state index is 6.02. The van der Waals surface area contributed by atoms with Crippen molar-refractivity contribution in [2.45, 2.75) is 6.54 Å². The number of nitrogen functional groups attached to an aromatic ring is 1. The fourth-order valence-electron chi connectivity index (χ4n) is 2.47. The first-order valence-corrected chi connectivity index (χ1v) is 7.23. The molecule has 1 aromatic heterocycles. The zero-order valence-corrected chi connectivity index (χ0v) is 12.6. The molecule has 116 valence electrons. The number of nitrogens with one attached hydrogen (secondary N) is 1. The normalized spacial score (nSPS) is 12.9. The van der Waals surface area contributed by atoms with Crippen molar-refractivity contribution in [1.82, 2.24) is 4.98 Å². The van der Waals surface area contributed by atoms with Gasteiger partial charge < -0.3 is 25.4 Å². The van der Waals surface area contributed by atoms with Crippen LogP contribution < -0.4 is 20.7 Å². The van der Waals surface area contributed by atoms with Gasteiger partial charge in [-0.15, -0.1) is 0 Å². The second kappa shape index (κ2) is 6.53. The number of pyridine rings is 1. The minimum atomic E-state index is 0.452. The number of fused-ring (bicyclic) bond motifs is 1. The van der Waals surface area contributed by atoms with Gasteiger partial charge in [0, 0.05) is 19.7 Å². The Labute approximate surface area is 129 Å². The van der Waals surface area contributed by atoms with Crippen LogP contribution in [0.1, 0.15) is 5.56 Å². The van der Waals surface area contributed by atoms with Gasteiger partial charge in [-0.05, 0) is 5.56 Å². The van der Waals surface area contributed by atoms with E-state index in [1.54, 1.807) is 7.11 Å². The quantitative estimate of drug-likeness (QED) is 0.796. The van der Waals surface area contributed by atoms with E-state index in [0.717, 1.165) is 17.9 Å². The molecule has 0 unspecified atom stereocenters. The predicted octanol–water partition coefficient (Wildman–Crippen LogP) is 2.08. The van der Waals surface area contributed by atoms with Gasteiger partial charge in [0.2, 0.25) is 5.88 Å². The van der Waals surface area contributed by atoms with Crippen molar-refractivity contribution < 1.29 is 9.47 Å². The summed E-state index contributed by atoms with van der Waals surface area (Å²) in [4.78, 5) is 6.48. The maximum Gasteiger partial charge on any atom is 0.217 e. The van der Waals surface area contributed by atoms with Crippen LogP contribution >= 0.6 is 0 Å². The number of methoxy groups -OCH3 is 1. The van der Waals surface area contributed by atoms with Gasteiger partial charge in [0.15, 0.2) is 5.82 Å². The third-order valence-corrected chi connectivity index (χ3v) is 3.54. The molecule has 0 radical (unpaired) electrons. The molecule has 0 atom stereocenters. The summed E-state index contributed by atoms with van der Waals surface area (Å²) in [7, 11) is 1.64. The van der Waals surface area contributed by atoms with E-state index in [1.165, 1.54) is 5.56 Å². The Balaban J connectivity index is 1.79. The smallest absolute Gasteiger partial charge is 0.217 e. The summed E-state index contributed by atoms with van der Waals surface area (Å²) in [5.41, 5.74) is 9.15. The average Bonchev–Trinajstić information content (AvgIpc) is 2.92. The topological polar surface area (TPSA) is 72.6 Å². The molecular weight excluding hydrogens is 280 g/mol. The van der Waals surface area contributed by atoms with Crippen LogP contribution in [0.4, 0.5) is 17.2 Å². The Morgan fingerprint density at radius 1 is 1.27 bits per heavy atom. The third kappa shape index (κ3) is 3.07. The highest BCUT2D eigenvalue weighted by Crippen LogP contribution is 2.38. The zero-order valence-electron chi connectivity index (χ0n) is 12.6. The van der Waals surface area contributed by atoms with Crippen LogP contribution in [0.25, 0.3) is 0 Å². The molecule has 3 rings (SSSR count). The third-order valence-electron chi connectivity index (χ3n) is 3.54. The molecular formula is C16H20N4O2. The van der Waals surface area contributed by atoms with Crippen molar-refractivity contribution in [2.75, 3.05) is 42.9 Å². The average molecular weight is 300 g/mol. The van der Waals surface area contributed by atoms with Crippen molar-refractivity contribution >= 4 is 17.2 Å². The molecule has 0 saturated carbocycles. The fraction of sp³-hybridized carbons (Fsp3) is 0.312. The molecule has 6 nitrogen and oxygen atoms in total. The van der Waals surface area contributed by atoms with Crippen molar-refractivity contribution in [1.29, 1.82) is 0 Å². The van der Waals surface area contributed by atoms with Crippen molar-refractivity contribution in [3.05, 3.63) is 42.0 Å². The lowest BCUT2D eigenvalue weighted by atomic mass is 10.2. The second-order valence-electron chi connectivity index (χ2n) is 5.10. The van der Waals surface area contributed by atoms with Crippen LogP contribution in [0, 0.1) is 0 Å². The Morgan fingerprint density at radius 3 is 2.86 bits per heavy atom. The first-order valence-electron chi connectivity index (χ1n) is 7.23. The predicted molar refractivity (Wildman–Crippen MR) is 87.1 cm³/mol. The van der Waals surface area contributed by atoms with Crippen LogP contribution in [0.15, 0.2) is 36.4 Å². The molecule has 2 aromatic rings. The number of nitrogens with two attached hydrogens (primary N) is 1. The molecule has 22 heavy (non-hydrogen) atoms. The van der Waals surface area contributed by atoms with E-state index in [0.29, 0.717) is 31.6 Å². The van der Waals surface area contributed by atoms with E-state index in [9.17, 15) is 0 Å². The van der Waals surface area contributed by atoms with E-state index in [2.05, 4.69) is 27.3 Å². The van der Waals surface area contributed by atoms with Crippen LogP contribution in [0.3, 0.4) is 0 Å². The lowest BCUT2D eigenvalue weighted by Crippen LogP contribution is -2.22. The Morgan fingerprint density at radius 2 is 2.09 bits per heavy atom. The molecule has 0 aliphatic carbocycles. The number of hydrogen-bond donors (Lipinski definition) is 2. The number of ether oxygens (including phenoxy) is 2. The zero-order chi connectivity index (χ0) is 15.4. The van der Waals surface area contributed by atoms with Crippen molar-refractivity contribution in [2.24, 2.45) is 0 Å². The molecule has 2 heterocycles. The van der Waals surface area contributed by atoms with Gasteiger partial charge in [0.25, 0.3) is 0 Å². The summed E-state index contributed by atoms with van der Waals surface area (Å²) in [6.45, 7) is 2.48. The standard InChI is InChI=1S/C16H20N4O2/c1-21-7-8-22-14-9-13-15(16(17)19-14)18-11-20(13)10-12-5-3-2-4-6-12/h2-6,9,18H,7-8,10-11H2,1H3,(H2,17,19). The second-order valence-corrected chi connectivity index (χ2v) is 5.10. The van der Waals surface area contributed by atoms with Gasteiger partial charge in [0.05, 0.1) is 19.0 Å². The monoisotopic (exact) mass is 300 g/mol. The molecule has 1 aliphatic heterocycles. The highest BCUT2D eigenvalue weighted by molar-refractivity contribution is 5.84. The first-order chi connectivity index (χ1) is 10.8. The molecule has 0 spiro atoms. The number of hydrogen-bond acceptors (Lipinski definition) is 6. The van der Waals surface area contributed by atoms with E-state index in [1.807, 2.05) is 24.3 Å². The summed E-state index contributed by atoms with van der Waals surface area (Å²) in [5, 5.41) is 3.29. The molecule has 6 heteroatoms. The minimum absolute atomic E-state index is 0.452. The van der Waals surface area contributed by atoms with Crippen molar-refractivity contribution in [3.63, 3.8) is 0 Å². The van der Waals surface area contributed by atoms with E-state index in [4.69, 9.17) is 15.2 Å². The van der Waals surface area contributed by atoms with Gasteiger partial charge in [0.1, 0.15) is 12.3 Å². The molecule has 0 fully saturated rings. The van der Waals surface area contributed by atoms with Crippen molar-refractivity contribution in [3.8, 4) is 5.88 Å². The molecule has 0 saturated heterocycles. The van der Waals surface area contributed by atoms with E-state index < -0.39 is 0 Å². The lowest BCUT2D eigenvalue weighted by Gasteiger charge is -2.18. The highest BCUT2D eigenvalue weighted by Gasteiger charge is 2.23. The molecule has 0 amide bonds. The van der Waals surface area contributed by atoms with Gasteiger partial charge in [-0.3, -0.25) is 0 Å². The SMILES string of the molecule is COCCOc1cc2c(c(N)n1)NCN2Cc1ccccc1. The first kappa shape index (κ1) is 14.5. The fourth-order valence-corrected chi connectivity index (χ4v) is 2.47. The van der Waals surface area contributed by atoms with Gasteiger partial charge in [-0.1, -0.05) is 30.3 Å². The summed E-state index contributed by atoms with van der Waals surface area (Å²) in [6, 6.07) is 12.2. The Bertz CT molecular complexity index is 634. The number of rotatable bonds is 6. The van der Waals surface area contributed by atoms with Gasteiger partial charge in [-0.2, -0.15) is 4.98 Å². The molecule has 1 aromatic carbocycles. The Hall–Kier alpha value is -2.47. The molecule has 0 bridgehead atoms. The van der Waals surface area contributed by atoms with Crippen LogP contribution in [-0.4, -0.2) is 32.0 Å². The molecule has 1 aliphatic rings. The van der Waals surface area contributed by atoms with Gasteiger partial charge >= 0.3 is 0 Å². The van der Waals surface area contributed by atoms with E-state index >= 15 is 0 Å². The number of nitrogens with zero attached hydrogens (tertiary/aromatic N) is 2. The lowest BCUT2D eigenvalue weighted by molar-refractivity contribution is 0.144. The van der Waals surface area contributed by atoms with Crippen LogP contribution in [0.2, 0.25) is 0 Å². The largest absolute Gasteiger partial charge is 0.475 e. The van der Waals surface area contributed by atoms with Crippen LogP contribution in [0.5, 0.6) is 5.88 Å². The summed E-state index contributed by atoms with van der Waals surface area (Å²) < 4.78 is 10.6. The highest BCUT2D eigenvalue weighted by atomic mass is 16.5. The van der Waals surface area contributed by atoms with Crippen LogP contribution in [-0.2, 0) is 11.3 Å². The minimum Gasteiger partial charge on any atom is -0.475 e. The number of benzene rings is 1. The summed E-state index contributed by atoms with van der Waals surface area (Å²) in [5.74, 6) is 0.982. The number of anilines is 3. The Kier molecular flexibility index (Phi) is 4.29. The summed E-state index contributed by atoms with van der Waals surface area (Å²) >= 11 is 0. The summed E-state index contributed by atoms with van der Waals surface area (Å²) in [6.07, 6.45) is 0. The van der Waals surface area contributed by atoms with E-state index in [-0.39, 0.29) is 0 Å². The maximum absolute atomic E-state index is 6.02.